The van der Waals surface area contributed by atoms with Gasteiger partial charge < -0.3 is 29.0 Å². The van der Waals surface area contributed by atoms with Gasteiger partial charge in [-0.3, -0.25) is 9.69 Å². The lowest BCUT2D eigenvalue weighted by Crippen LogP contribution is -2.56. The van der Waals surface area contributed by atoms with Crippen LogP contribution in [0.2, 0.25) is 5.02 Å². The summed E-state index contributed by atoms with van der Waals surface area (Å²) in [5.74, 6) is 0.691. The van der Waals surface area contributed by atoms with Crippen LogP contribution in [-0.4, -0.2) is 96.8 Å². The molecule has 0 bridgehead atoms. The van der Waals surface area contributed by atoms with Crippen molar-refractivity contribution in [1.29, 1.82) is 0 Å². The summed E-state index contributed by atoms with van der Waals surface area (Å²) in [4.78, 5) is 35.2. The quantitative estimate of drug-likeness (QED) is 0.0682. The third-order valence-corrected chi connectivity index (χ3v) is 11.3. The highest BCUT2D eigenvalue weighted by Gasteiger charge is 2.35. The van der Waals surface area contributed by atoms with Crippen LogP contribution in [0.15, 0.2) is 73.3 Å². The van der Waals surface area contributed by atoms with Crippen LogP contribution < -0.4 is 14.5 Å². The summed E-state index contributed by atoms with van der Waals surface area (Å²) in [6.07, 6.45) is 4.23. The number of benzene rings is 3. The highest BCUT2D eigenvalue weighted by Crippen LogP contribution is 2.37. The number of carbonyl (C=O) groups is 1. The molecule has 3 aromatic carbocycles. The van der Waals surface area contributed by atoms with Gasteiger partial charge in [-0.1, -0.05) is 54.6 Å². The zero-order valence-corrected chi connectivity index (χ0v) is 32.1. The van der Waals surface area contributed by atoms with E-state index in [1.54, 1.807) is 4.90 Å². The molecular weight excluding hydrogens is 789 g/mol. The zero-order chi connectivity index (χ0) is 36.0. The standard InChI is InChI=1S/C40H43ClIN7O3/c1-3-37(50)49-19-18-48(24-32(49)23-43-2)39-33-15-17-47(36-14-6-10-29-9-5-13-34(41)38(29)36)25-35(33)44-40(45-39)52-27-31-12-7-16-46(31)20-21-51-26-28-8-4-11-30(42)22-28/h3-6,8-11,13-14,22,31-32H,1,7,12,15-21,23-27H2/t31-,32-/m0/s1. The highest BCUT2D eigenvalue weighted by molar-refractivity contribution is 14.1. The first kappa shape index (κ1) is 36.4. The van der Waals surface area contributed by atoms with E-state index < -0.39 is 0 Å². The molecule has 7 rings (SSSR count). The third kappa shape index (κ3) is 8.15. The van der Waals surface area contributed by atoms with E-state index in [1.807, 2.05) is 12.1 Å². The highest BCUT2D eigenvalue weighted by atomic mass is 127. The summed E-state index contributed by atoms with van der Waals surface area (Å²) in [7, 11) is 0. The maximum absolute atomic E-state index is 12.7. The van der Waals surface area contributed by atoms with Crippen LogP contribution in [0, 0.1) is 10.1 Å². The monoisotopic (exact) mass is 831 g/mol. The van der Waals surface area contributed by atoms with Crippen LogP contribution in [0.25, 0.3) is 15.6 Å². The molecule has 3 aliphatic heterocycles. The van der Waals surface area contributed by atoms with Gasteiger partial charge in [-0.15, -0.1) is 0 Å². The fraction of sp³-hybridized carbons (Fsp3) is 0.400. The second-order valence-electron chi connectivity index (χ2n) is 13.5. The predicted molar refractivity (Wildman–Crippen MR) is 214 cm³/mol. The first-order valence-corrected chi connectivity index (χ1v) is 19.4. The second kappa shape index (κ2) is 16.8. The number of nitrogens with zero attached hydrogens (tertiary/aromatic N) is 7. The molecule has 2 atom stereocenters. The van der Waals surface area contributed by atoms with Crippen molar-refractivity contribution < 1.29 is 14.3 Å². The smallest absolute Gasteiger partial charge is 0.318 e. The molecular formula is C40H43ClIN7O3. The fourth-order valence-corrected chi connectivity index (χ4v) is 8.61. The number of likely N-dealkylation sites (tertiary alicyclic amines) is 1. The lowest BCUT2D eigenvalue weighted by molar-refractivity contribution is -0.128. The number of carbonyl (C=O) groups excluding carboxylic acids is 1. The molecule has 10 nitrogen and oxygen atoms in total. The van der Waals surface area contributed by atoms with E-state index in [0.29, 0.717) is 52.0 Å². The molecule has 2 saturated heterocycles. The molecule has 3 aliphatic rings. The first-order chi connectivity index (χ1) is 25.4. The summed E-state index contributed by atoms with van der Waals surface area (Å²) in [5, 5.41) is 2.86. The van der Waals surface area contributed by atoms with Crippen LogP contribution in [0.3, 0.4) is 0 Å². The van der Waals surface area contributed by atoms with Crippen LogP contribution in [-0.2, 0) is 29.1 Å². The minimum Gasteiger partial charge on any atom is -0.462 e. The molecule has 12 heteroatoms. The molecule has 1 aromatic heterocycles. The van der Waals surface area contributed by atoms with Gasteiger partial charge in [0.25, 0.3) is 0 Å². The average Bonchev–Trinajstić information content (AvgIpc) is 3.62. The Morgan fingerprint density at radius 3 is 2.73 bits per heavy atom. The Morgan fingerprint density at radius 1 is 1.06 bits per heavy atom. The van der Waals surface area contributed by atoms with Gasteiger partial charge in [0.15, 0.2) is 0 Å². The normalized spacial score (nSPS) is 19.1. The summed E-state index contributed by atoms with van der Waals surface area (Å²) in [6, 6.07) is 21.1. The third-order valence-electron chi connectivity index (χ3n) is 10.3. The van der Waals surface area contributed by atoms with E-state index in [-0.39, 0.29) is 24.5 Å². The Labute approximate surface area is 324 Å². The predicted octanol–water partition coefficient (Wildman–Crippen LogP) is 6.63. The number of halogens is 2. The van der Waals surface area contributed by atoms with Crippen molar-refractivity contribution in [3.05, 3.63) is 110 Å². The molecule has 0 N–H and O–H groups in total. The maximum Gasteiger partial charge on any atom is 0.318 e. The van der Waals surface area contributed by atoms with Gasteiger partial charge in [0.1, 0.15) is 18.5 Å². The van der Waals surface area contributed by atoms with Gasteiger partial charge in [0, 0.05) is 59.0 Å². The van der Waals surface area contributed by atoms with Crippen molar-refractivity contribution >= 4 is 62.4 Å². The fourth-order valence-electron chi connectivity index (χ4n) is 7.72. The molecule has 0 unspecified atom stereocenters. The molecule has 0 radical (unpaired) electrons. The van der Waals surface area contributed by atoms with Crippen molar-refractivity contribution in [2.75, 3.05) is 68.8 Å². The summed E-state index contributed by atoms with van der Waals surface area (Å²) >= 11 is 9.09. The Hall–Kier alpha value is -3.96. The van der Waals surface area contributed by atoms with Crippen molar-refractivity contribution in [2.24, 2.45) is 0 Å². The second-order valence-corrected chi connectivity index (χ2v) is 15.2. The van der Waals surface area contributed by atoms with Gasteiger partial charge in [-0.25, -0.2) is 6.57 Å². The van der Waals surface area contributed by atoms with Crippen molar-refractivity contribution in [3.8, 4) is 6.01 Å². The Balaban J connectivity index is 1.11. The molecule has 0 aliphatic carbocycles. The average molecular weight is 832 g/mol. The van der Waals surface area contributed by atoms with E-state index >= 15 is 0 Å². The van der Waals surface area contributed by atoms with Crippen molar-refractivity contribution in [2.45, 2.75) is 44.5 Å². The van der Waals surface area contributed by atoms with Crippen LogP contribution in [0.5, 0.6) is 6.01 Å². The van der Waals surface area contributed by atoms with E-state index in [0.717, 1.165) is 77.5 Å². The van der Waals surface area contributed by atoms with Gasteiger partial charge in [-0.2, -0.15) is 9.97 Å². The summed E-state index contributed by atoms with van der Waals surface area (Å²) < 4.78 is 13.8. The minimum absolute atomic E-state index is 0.146. The first-order valence-electron chi connectivity index (χ1n) is 17.9. The number of fused-ring (bicyclic) bond motifs is 2. The number of rotatable bonds is 12. The molecule has 4 aromatic rings. The van der Waals surface area contributed by atoms with Crippen LogP contribution >= 0.6 is 34.2 Å². The molecule has 270 valence electrons. The topological polar surface area (TPSA) is 78.6 Å². The molecule has 0 saturated carbocycles. The van der Waals surface area contributed by atoms with Gasteiger partial charge >= 0.3 is 6.01 Å². The number of anilines is 2. The number of ether oxygens (including phenoxy) is 2. The zero-order valence-electron chi connectivity index (χ0n) is 29.2. The van der Waals surface area contributed by atoms with Gasteiger partial charge in [-0.05, 0) is 89.7 Å². The van der Waals surface area contributed by atoms with E-state index in [2.05, 4.69) is 97.2 Å². The maximum atomic E-state index is 12.7. The van der Waals surface area contributed by atoms with Gasteiger partial charge in [0.2, 0.25) is 12.5 Å². The van der Waals surface area contributed by atoms with Crippen molar-refractivity contribution in [1.82, 2.24) is 19.8 Å². The molecule has 0 spiro atoms. The SMILES string of the molecule is [C-]#[N+]C[C@H]1CN(c2nc(OC[C@@H]3CCCN3CCOCc3cccc(I)c3)nc3c2CCN(c2cccc4cccc(Cl)c24)C3)CCN1C(=O)C=C. The number of piperazine rings is 1. The number of hydrogen-bond acceptors (Lipinski definition) is 8. The van der Waals surface area contributed by atoms with Gasteiger partial charge in [0.05, 0.1) is 30.5 Å². The van der Waals surface area contributed by atoms with Crippen LogP contribution in [0.1, 0.15) is 29.7 Å². The molecule has 1 amide bonds. The summed E-state index contributed by atoms with van der Waals surface area (Å²) in [6.45, 7) is 18.0. The lowest BCUT2D eigenvalue weighted by Gasteiger charge is -2.41. The van der Waals surface area contributed by atoms with Crippen molar-refractivity contribution in [3.63, 3.8) is 0 Å². The molecule has 4 heterocycles. The molecule has 52 heavy (non-hydrogen) atoms. The minimum atomic E-state index is -0.260. The summed E-state index contributed by atoms with van der Waals surface area (Å²) in [5.41, 5.74) is 4.28. The van der Waals surface area contributed by atoms with Crippen LogP contribution in [0.4, 0.5) is 11.5 Å². The largest absolute Gasteiger partial charge is 0.462 e. The Kier molecular flexibility index (Phi) is 11.8. The van der Waals surface area contributed by atoms with E-state index in [9.17, 15) is 4.79 Å². The number of hydrogen-bond donors (Lipinski definition) is 0. The molecule has 2 fully saturated rings. The van der Waals surface area contributed by atoms with E-state index in [4.69, 9.17) is 37.6 Å². The number of aromatic nitrogens is 2. The Bertz CT molecular complexity index is 1970. The van der Waals surface area contributed by atoms with E-state index in [1.165, 1.54) is 15.2 Å². The Morgan fingerprint density at radius 2 is 1.90 bits per heavy atom. The number of amides is 1. The lowest BCUT2D eigenvalue weighted by atomic mass is 10.0.